The Morgan fingerprint density at radius 1 is 1.04 bits per heavy atom. The topological polar surface area (TPSA) is 59.1 Å². The fraction of sp³-hybridized carbons (Fsp3) is 0.105. The van der Waals surface area contributed by atoms with Crippen LogP contribution in [0.2, 0.25) is 0 Å². The van der Waals surface area contributed by atoms with E-state index in [9.17, 15) is 9.59 Å². The van der Waals surface area contributed by atoms with Gasteiger partial charge in [0.25, 0.3) is 0 Å². The predicted octanol–water partition coefficient (Wildman–Crippen LogP) is 4.74. The number of carbonyl (C=O) groups is 2. The molecule has 3 aromatic rings. The third-order valence-corrected chi connectivity index (χ3v) is 5.44. The molecule has 1 amide bonds. The maximum Gasteiger partial charge on any atom is 0.236 e. The molecule has 1 heterocycles. The Kier molecular flexibility index (Phi) is 5.63. The monoisotopic (exact) mass is 368 g/mol. The third kappa shape index (κ3) is 4.55. The van der Waals surface area contributed by atoms with Crippen molar-refractivity contribution in [2.24, 2.45) is 0 Å². The Morgan fingerprint density at radius 3 is 2.32 bits per heavy atom. The van der Waals surface area contributed by atoms with E-state index in [1.807, 2.05) is 60.7 Å². The van der Waals surface area contributed by atoms with E-state index in [4.69, 9.17) is 0 Å². The lowest BCUT2D eigenvalue weighted by Crippen LogP contribution is -2.13. The van der Waals surface area contributed by atoms with Gasteiger partial charge in [-0.15, -0.1) is 11.8 Å². The Balaban J connectivity index is 1.72. The summed E-state index contributed by atoms with van der Waals surface area (Å²) < 4.78 is 0. The van der Waals surface area contributed by atoms with Crippen LogP contribution in [0.15, 0.2) is 65.6 Å². The second-order valence-electron chi connectivity index (χ2n) is 5.27. The lowest BCUT2D eigenvalue weighted by atomic mass is 10.1. The van der Waals surface area contributed by atoms with Crippen molar-refractivity contribution in [2.45, 2.75) is 11.8 Å². The molecule has 0 radical (unpaired) electrons. The number of hydrogen-bond donors (Lipinski definition) is 1. The van der Waals surface area contributed by atoms with Gasteiger partial charge in [-0.25, -0.2) is 4.98 Å². The number of amides is 1. The lowest BCUT2D eigenvalue weighted by Gasteiger charge is -2.02. The van der Waals surface area contributed by atoms with Crippen molar-refractivity contribution in [3.05, 3.63) is 65.5 Å². The number of thioether (sulfide) groups is 1. The van der Waals surface area contributed by atoms with Crippen LogP contribution in [0.4, 0.5) is 5.13 Å². The summed E-state index contributed by atoms with van der Waals surface area (Å²) in [7, 11) is 0. The van der Waals surface area contributed by atoms with Gasteiger partial charge in [-0.2, -0.15) is 0 Å². The SMILES string of the molecule is CC(=O)c1sc(NC(=O)CSc2ccccc2)nc1-c1ccccc1. The minimum atomic E-state index is -0.141. The van der Waals surface area contributed by atoms with Crippen LogP contribution >= 0.6 is 23.1 Å². The first-order valence-electron chi connectivity index (χ1n) is 7.68. The number of anilines is 1. The van der Waals surface area contributed by atoms with Crippen molar-refractivity contribution in [2.75, 3.05) is 11.1 Å². The molecule has 0 spiro atoms. The van der Waals surface area contributed by atoms with E-state index in [-0.39, 0.29) is 11.7 Å². The maximum absolute atomic E-state index is 12.2. The van der Waals surface area contributed by atoms with Crippen molar-refractivity contribution in [1.82, 2.24) is 4.98 Å². The molecule has 0 aliphatic rings. The molecule has 25 heavy (non-hydrogen) atoms. The molecule has 1 N–H and O–H groups in total. The second-order valence-corrected chi connectivity index (χ2v) is 7.32. The third-order valence-electron chi connectivity index (χ3n) is 3.35. The Morgan fingerprint density at radius 2 is 1.68 bits per heavy atom. The smallest absolute Gasteiger partial charge is 0.236 e. The minimum absolute atomic E-state index is 0.0597. The molecule has 4 nitrogen and oxygen atoms in total. The van der Waals surface area contributed by atoms with Gasteiger partial charge in [0.2, 0.25) is 5.91 Å². The van der Waals surface area contributed by atoms with Crippen LogP contribution in [0.1, 0.15) is 16.6 Å². The number of Topliss-reactive ketones (excluding diaryl/α,β-unsaturated/α-hetero) is 1. The first-order chi connectivity index (χ1) is 12.1. The molecule has 3 rings (SSSR count). The Hall–Kier alpha value is -2.44. The largest absolute Gasteiger partial charge is 0.301 e. The summed E-state index contributed by atoms with van der Waals surface area (Å²) in [5.41, 5.74) is 1.48. The first kappa shape index (κ1) is 17.4. The molecule has 0 aliphatic carbocycles. The second kappa shape index (κ2) is 8.09. The summed E-state index contributed by atoms with van der Waals surface area (Å²) in [5.74, 6) is 0.0903. The molecule has 0 bridgehead atoms. The van der Waals surface area contributed by atoms with Crippen molar-refractivity contribution in [1.29, 1.82) is 0 Å². The van der Waals surface area contributed by atoms with Crippen LogP contribution in [-0.4, -0.2) is 22.4 Å². The van der Waals surface area contributed by atoms with E-state index in [2.05, 4.69) is 10.3 Å². The van der Waals surface area contributed by atoms with E-state index in [1.165, 1.54) is 30.0 Å². The fourth-order valence-corrected chi connectivity index (χ4v) is 3.84. The Bertz CT molecular complexity index is 877. The van der Waals surface area contributed by atoms with Crippen molar-refractivity contribution < 1.29 is 9.59 Å². The van der Waals surface area contributed by atoms with Gasteiger partial charge in [-0.3, -0.25) is 9.59 Å². The molecular formula is C19H16N2O2S2. The van der Waals surface area contributed by atoms with Crippen molar-refractivity contribution >= 4 is 39.9 Å². The lowest BCUT2D eigenvalue weighted by molar-refractivity contribution is -0.113. The Labute approximate surface area is 154 Å². The summed E-state index contributed by atoms with van der Waals surface area (Å²) in [4.78, 5) is 30.1. The molecule has 1 aromatic heterocycles. The number of nitrogens with one attached hydrogen (secondary N) is 1. The average Bonchev–Trinajstić information content (AvgIpc) is 3.06. The zero-order chi connectivity index (χ0) is 17.6. The van der Waals surface area contributed by atoms with Gasteiger partial charge in [0.15, 0.2) is 10.9 Å². The zero-order valence-corrected chi connectivity index (χ0v) is 15.2. The highest BCUT2D eigenvalue weighted by Crippen LogP contribution is 2.31. The number of carbonyl (C=O) groups excluding carboxylic acids is 2. The van der Waals surface area contributed by atoms with E-state index in [0.29, 0.717) is 21.5 Å². The van der Waals surface area contributed by atoms with Crippen LogP contribution in [0.5, 0.6) is 0 Å². The summed E-state index contributed by atoms with van der Waals surface area (Å²) >= 11 is 2.67. The number of thiazole rings is 1. The van der Waals surface area contributed by atoms with Gasteiger partial charge >= 0.3 is 0 Å². The van der Waals surface area contributed by atoms with E-state index >= 15 is 0 Å². The van der Waals surface area contributed by atoms with Crippen molar-refractivity contribution in [3.63, 3.8) is 0 Å². The van der Waals surface area contributed by atoms with Gasteiger partial charge in [0.05, 0.1) is 16.3 Å². The van der Waals surface area contributed by atoms with E-state index in [0.717, 1.165) is 10.5 Å². The van der Waals surface area contributed by atoms with Crippen LogP contribution in [-0.2, 0) is 4.79 Å². The molecular weight excluding hydrogens is 352 g/mol. The summed E-state index contributed by atoms with van der Waals surface area (Å²) in [6.07, 6.45) is 0. The number of benzene rings is 2. The van der Waals surface area contributed by atoms with Gasteiger partial charge in [-0.1, -0.05) is 59.9 Å². The molecule has 0 saturated carbocycles. The molecule has 0 unspecified atom stereocenters. The number of rotatable bonds is 6. The average molecular weight is 368 g/mol. The number of ketones is 1. The van der Waals surface area contributed by atoms with Gasteiger partial charge in [-0.05, 0) is 12.1 Å². The van der Waals surface area contributed by atoms with Crippen LogP contribution in [0.3, 0.4) is 0 Å². The molecule has 6 heteroatoms. The number of aromatic nitrogens is 1. The quantitative estimate of drug-likeness (QED) is 0.504. The molecule has 0 saturated heterocycles. The maximum atomic E-state index is 12.2. The molecule has 126 valence electrons. The highest BCUT2D eigenvalue weighted by atomic mass is 32.2. The molecule has 0 fully saturated rings. The minimum Gasteiger partial charge on any atom is -0.301 e. The highest BCUT2D eigenvalue weighted by Gasteiger charge is 2.17. The fourth-order valence-electron chi connectivity index (χ4n) is 2.22. The summed E-state index contributed by atoms with van der Waals surface area (Å²) in [6.45, 7) is 1.51. The van der Waals surface area contributed by atoms with Gasteiger partial charge < -0.3 is 5.32 Å². The first-order valence-corrected chi connectivity index (χ1v) is 9.48. The van der Waals surface area contributed by atoms with Crippen LogP contribution in [0, 0.1) is 0 Å². The standard InChI is InChI=1S/C19H16N2O2S2/c1-13(22)18-17(14-8-4-2-5-9-14)21-19(25-18)20-16(23)12-24-15-10-6-3-7-11-15/h2-11H,12H2,1H3,(H,20,21,23). The molecule has 2 aromatic carbocycles. The predicted molar refractivity (Wildman–Crippen MR) is 103 cm³/mol. The summed E-state index contributed by atoms with van der Waals surface area (Å²) in [5, 5.41) is 3.24. The zero-order valence-electron chi connectivity index (χ0n) is 13.6. The van der Waals surface area contributed by atoms with Crippen LogP contribution < -0.4 is 5.32 Å². The van der Waals surface area contributed by atoms with E-state index in [1.54, 1.807) is 0 Å². The number of hydrogen-bond acceptors (Lipinski definition) is 5. The highest BCUT2D eigenvalue weighted by molar-refractivity contribution is 8.00. The normalized spacial score (nSPS) is 10.4. The molecule has 0 atom stereocenters. The summed E-state index contributed by atoms with van der Waals surface area (Å²) in [6, 6.07) is 19.2. The molecule has 0 aliphatic heterocycles. The van der Waals surface area contributed by atoms with Crippen molar-refractivity contribution in [3.8, 4) is 11.3 Å². The van der Waals surface area contributed by atoms with Gasteiger partial charge in [0.1, 0.15) is 0 Å². The number of nitrogens with zero attached hydrogens (tertiary/aromatic N) is 1. The van der Waals surface area contributed by atoms with Crippen LogP contribution in [0.25, 0.3) is 11.3 Å². The van der Waals surface area contributed by atoms with E-state index < -0.39 is 0 Å². The van der Waals surface area contributed by atoms with Gasteiger partial charge in [0, 0.05) is 17.4 Å².